The van der Waals surface area contributed by atoms with Gasteiger partial charge in [0.2, 0.25) is 0 Å². The lowest BCUT2D eigenvalue weighted by molar-refractivity contribution is 0.181. The zero-order valence-corrected chi connectivity index (χ0v) is 11.0. The third-order valence-corrected chi connectivity index (χ3v) is 2.90. The molecule has 0 fully saturated rings. The van der Waals surface area contributed by atoms with Crippen LogP contribution in [0.4, 0.5) is 4.39 Å². The fourth-order valence-electron chi connectivity index (χ4n) is 1.82. The minimum absolute atomic E-state index is 0.0541. The van der Waals surface area contributed by atoms with E-state index in [1.54, 1.807) is 25.4 Å². The Bertz CT molecular complexity index is 514. The van der Waals surface area contributed by atoms with E-state index in [9.17, 15) is 4.39 Å². The number of ether oxygens (including phenoxy) is 1. The number of methoxy groups -OCH3 is 1. The fraction of sp³-hybridized carbons (Fsp3) is 0.357. The first-order valence-corrected chi connectivity index (χ1v) is 6.08. The molecule has 4 nitrogen and oxygen atoms in total. The van der Waals surface area contributed by atoms with Gasteiger partial charge in [-0.15, -0.1) is 0 Å². The number of nitrogens with zero attached hydrogens (tertiary/aromatic N) is 1. The second-order valence-corrected chi connectivity index (χ2v) is 4.37. The van der Waals surface area contributed by atoms with Crippen molar-refractivity contribution in [3.05, 3.63) is 53.5 Å². The lowest BCUT2D eigenvalue weighted by atomic mass is 10.1. The summed E-state index contributed by atoms with van der Waals surface area (Å²) in [5.74, 6) is 0.535. The van der Waals surface area contributed by atoms with E-state index in [0.29, 0.717) is 12.1 Å². The Kier molecular flexibility index (Phi) is 4.65. The number of benzene rings is 1. The molecule has 2 rings (SSSR count). The van der Waals surface area contributed by atoms with Gasteiger partial charge in [-0.3, -0.25) is 0 Å². The minimum Gasteiger partial charge on any atom is -0.447 e. The minimum atomic E-state index is -0.242. The van der Waals surface area contributed by atoms with Gasteiger partial charge in [-0.05, 0) is 24.6 Å². The predicted octanol–water partition coefficient (Wildman–Crippen LogP) is 2.81. The maximum atomic E-state index is 13.5. The molecule has 0 saturated heterocycles. The number of halogens is 1. The molecule has 1 aromatic heterocycles. The molecular formula is C14H17FN2O2. The van der Waals surface area contributed by atoms with Crippen LogP contribution < -0.4 is 5.32 Å². The van der Waals surface area contributed by atoms with Gasteiger partial charge in [0, 0.05) is 19.2 Å². The van der Waals surface area contributed by atoms with Crippen molar-refractivity contribution >= 4 is 0 Å². The lowest BCUT2D eigenvalue weighted by Gasteiger charge is -2.12. The Morgan fingerprint density at radius 2 is 2.32 bits per heavy atom. The van der Waals surface area contributed by atoms with E-state index >= 15 is 0 Å². The van der Waals surface area contributed by atoms with Crippen molar-refractivity contribution in [1.29, 1.82) is 0 Å². The second-order valence-electron chi connectivity index (χ2n) is 4.37. The molecule has 1 atom stereocenters. The highest BCUT2D eigenvalue weighted by atomic mass is 19.1. The molecule has 0 amide bonds. The summed E-state index contributed by atoms with van der Waals surface area (Å²) in [4.78, 5) is 3.88. The van der Waals surface area contributed by atoms with E-state index in [1.165, 1.54) is 12.5 Å². The molecular weight excluding hydrogens is 247 g/mol. The van der Waals surface area contributed by atoms with Crippen LogP contribution in [0.25, 0.3) is 0 Å². The van der Waals surface area contributed by atoms with Crippen LogP contribution >= 0.6 is 0 Å². The molecule has 1 N–H and O–H groups in total. The molecule has 2 aromatic rings. The summed E-state index contributed by atoms with van der Waals surface area (Å²) in [6.07, 6.45) is 3.08. The van der Waals surface area contributed by atoms with Crippen LogP contribution in [0.5, 0.6) is 0 Å². The summed E-state index contributed by atoms with van der Waals surface area (Å²) in [5, 5.41) is 3.29. The molecule has 0 radical (unpaired) electrons. The Balaban J connectivity index is 1.97. The number of hydrogen-bond donors (Lipinski definition) is 1. The van der Waals surface area contributed by atoms with E-state index in [4.69, 9.17) is 9.15 Å². The van der Waals surface area contributed by atoms with Crippen LogP contribution in [-0.2, 0) is 17.9 Å². The summed E-state index contributed by atoms with van der Waals surface area (Å²) in [7, 11) is 1.55. The third kappa shape index (κ3) is 3.62. The molecule has 0 bridgehead atoms. The summed E-state index contributed by atoms with van der Waals surface area (Å²) >= 11 is 0. The van der Waals surface area contributed by atoms with Crippen LogP contribution in [0, 0.1) is 5.82 Å². The van der Waals surface area contributed by atoms with E-state index in [-0.39, 0.29) is 18.5 Å². The second kappa shape index (κ2) is 6.45. The van der Waals surface area contributed by atoms with Crippen molar-refractivity contribution in [2.45, 2.75) is 26.1 Å². The first-order chi connectivity index (χ1) is 9.20. The zero-order valence-electron chi connectivity index (χ0n) is 11.0. The quantitative estimate of drug-likeness (QED) is 0.871. The average Bonchev–Trinajstić information content (AvgIpc) is 2.93. The number of rotatable bonds is 6. The standard InChI is InChI=1S/C14H17FN2O2/c1-10(14-7-16-9-19-14)17-6-11-3-4-13(15)12(5-11)8-18-2/h3-5,7,9-10,17H,6,8H2,1-2H3. The van der Waals surface area contributed by atoms with Crippen molar-refractivity contribution in [3.8, 4) is 0 Å². The zero-order chi connectivity index (χ0) is 13.7. The number of oxazole rings is 1. The lowest BCUT2D eigenvalue weighted by Crippen LogP contribution is -2.17. The SMILES string of the molecule is COCc1cc(CNC(C)c2cnco2)ccc1F. The van der Waals surface area contributed by atoms with Crippen molar-refractivity contribution in [3.63, 3.8) is 0 Å². The molecule has 0 aliphatic carbocycles. The Hall–Kier alpha value is -1.72. The van der Waals surface area contributed by atoms with Gasteiger partial charge in [-0.1, -0.05) is 6.07 Å². The van der Waals surface area contributed by atoms with Gasteiger partial charge in [0.25, 0.3) is 0 Å². The van der Waals surface area contributed by atoms with Gasteiger partial charge in [0.05, 0.1) is 18.8 Å². The smallest absolute Gasteiger partial charge is 0.180 e. The van der Waals surface area contributed by atoms with E-state index in [1.807, 2.05) is 6.92 Å². The summed E-state index contributed by atoms with van der Waals surface area (Å²) < 4.78 is 23.6. The Morgan fingerprint density at radius 1 is 1.47 bits per heavy atom. The van der Waals surface area contributed by atoms with Crippen molar-refractivity contribution in [2.75, 3.05) is 7.11 Å². The number of nitrogens with one attached hydrogen (secondary N) is 1. The molecule has 102 valence electrons. The Labute approximate surface area is 111 Å². The molecule has 1 heterocycles. The van der Waals surface area contributed by atoms with Gasteiger partial charge in [-0.25, -0.2) is 9.37 Å². The van der Waals surface area contributed by atoms with Gasteiger partial charge in [-0.2, -0.15) is 0 Å². The molecule has 1 aromatic carbocycles. The average molecular weight is 264 g/mol. The molecule has 0 saturated carbocycles. The van der Waals surface area contributed by atoms with Crippen molar-refractivity contribution in [2.24, 2.45) is 0 Å². The highest BCUT2D eigenvalue weighted by Gasteiger charge is 2.09. The first kappa shape index (κ1) is 13.7. The van der Waals surface area contributed by atoms with Crippen molar-refractivity contribution in [1.82, 2.24) is 10.3 Å². The van der Waals surface area contributed by atoms with Crippen LogP contribution in [-0.4, -0.2) is 12.1 Å². The predicted molar refractivity (Wildman–Crippen MR) is 68.9 cm³/mol. The highest BCUT2D eigenvalue weighted by molar-refractivity contribution is 5.24. The van der Waals surface area contributed by atoms with Crippen molar-refractivity contribution < 1.29 is 13.5 Å². The van der Waals surface area contributed by atoms with Crippen LogP contribution in [0.15, 0.2) is 35.2 Å². The first-order valence-electron chi connectivity index (χ1n) is 6.08. The molecule has 0 aliphatic rings. The largest absolute Gasteiger partial charge is 0.447 e. The Morgan fingerprint density at radius 3 is 3.00 bits per heavy atom. The van der Waals surface area contributed by atoms with Crippen LogP contribution in [0.3, 0.4) is 0 Å². The highest BCUT2D eigenvalue weighted by Crippen LogP contribution is 2.14. The number of hydrogen-bond acceptors (Lipinski definition) is 4. The summed E-state index contributed by atoms with van der Waals surface area (Å²) in [5.41, 5.74) is 1.56. The molecule has 5 heteroatoms. The monoisotopic (exact) mass is 264 g/mol. The summed E-state index contributed by atoms with van der Waals surface area (Å²) in [6, 6.07) is 5.08. The van der Waals surface area contributed by atoms with E-state index in [2.05, 4.69) is 10.3 Å². The number of aromatic nitrogens is 1. The maximum Gasteiger partial charge on any atom is 0.180 e. The normalized spacial score (nSPS) is 12.6. The maximum absolute atomic E-state index is 13.5. The van der Waals surface area contributed by atoms with Gasteiger partial charge < -0.3 is 14.5 Å². The van der Waals surface area contributed by atoms with Gasteiger partial charge >= 0.3 is 0 Å². The summed E-state index contributed by atoms with van der Waals surface area (Å²) in [6.45, 7) is 2.89. The van der Waals surface area contributed by atoms with Crippen LogP contribution in [0.1, 0.15) is 29.9 Å². The molecule has 1 unspecified atom stereocenters. The van der Waals surface area contributed by atoms with Crippen LogP contribution in [0.2, 0.25) is 0 Å². The van der Waals surface area contributed by atoms with Gasteiger partial charge in [0.1, 0.15) is 11.6 Å². The fourth-order valence-corrected chi connectivity index (χ4v) is 1.82. The van der Waals surface area contributed by atoms with E-state index < -0.39 is 0 Å². The molecule has 0 spiro atoms. The van der Waals surface area contributed by atoms with Gasteiger partial charge in [0.15, 0.2) is 6.39 Å². The molecule has 0 aliphatic heterocycles. The third-order valence-electron chi connectivity index (χ3n) is 2.90. The van der Waals surface area contributed by atoms with E-state index in [0.717, 1.165) is 11.3 Å². The topological polar surface area (TPSA) is 47.3 Å². The molecule has 19 heavy (non-hydrogen) atoms.